The van der Waals surface area contributed by atoms with E-state index in [-0.39, 0.29) is 23.5 Å². The first-order chi connectivity index (χ1) is 13.1. The van der Waals surface area contributed by atoms with Crippen LogP contribution in [0.3, 0.4) is 0 Å². The molecule has 0 bridgehead atoms. The van der Waals surface area contributed by atoms with E-state index in [1.807, 2.05) is 29.4 Å². The maximum Gasteiger partial charge on any atom is 0.234 e. The van der Waals surface area contributed by atoms with Crippen molar-refractivity contribution in [2.75, 3.05) is 11.1 Å². The number of Topliss-reactive ketones (excluding diaryl/α,β-unsaturated/α-hetero) is 1. The molecule has 136 valence electrons. The first kappa shape index (κ1) is 17.5. The molecule has 7 heteroatoms. The average Bonchev–Trinajstić information content (AvgIpc) is 3.17. The van der Waals surface area contributed by atoms with Gasteiger partial charge in [0.2, 0.25) is 5.91 Å². The van der Waals surface area contributed by atoms with Gasteiger partial charge in [-0.05, 0) is 37.3 Å². The Bertz CT molecular complexity index is 953. The van der Waals surface area contributed by atoms with Crippen LogP contribution >= 0.6 is 11.8 Å². The lowest BCUT2D eigenvalue weighted by atomic mass is 10.0. The molecule has 1 N–H and O–H groups in total. The maximum absolute atomic E-state index is 12.3. The number of nitrogens with one attached hydrogen (secondary N) is 1. The normalized spacial score (nSPS) is 17.1. The zero-order valence-electron chi connectivity index (χ0n) is 14.8. The minimum Gasteiger partial charge on any atom is -0.325 e. The number of anilines is 1. The number of hydrogen-bond donors (Lipinski definition) is 1. The van der Waals surface area contributed by atoms with Crippen LogP contribution in [0.15, 0.2) is 58.6 Å². The van der Waals surface area contributed by atoms with Gasteiger partial charge in [0.25, 0.3) is 0 Å². The Labute approximate surface area is 161 Å². The van der Waals surface area contributed by atoms with Crippen molar-refractivity contribution >= 4 is 46.2 Å². The molecule has 27 heavy (non-hydrogen) atoms. The first-order valence-electron chi connectivity index (χ1n) is 8.65. The fraction of sp³-hybridized carbons (Fsp3) is 0.200. The summed E-state index contributed by atoms with van der Waals surface area (Å²) in [5.41, 5.74) is 3.38. The van der Waals surface area contributed by atoms with Crippen molar-refractivity contribution in [2.24, 2.45) is 10.1 Å². The Kier molecular flexibility index (Phi) is 4.77. The summed E-state index contributed by atoms with van der Waals surface area (Å²) < 4.78 is 0. The summed E-state index contributed by atoms with van der Waals surface area (Å²) >= 11 is 1.37. The smallest absolute Gasteiger partial charge is 0.234 e. The predicted molar refractivity (Wildman–Crippen MR) is 109 cm³/mol. The summed E-state index contributed by atoms with van der Waals surface area (Å²) in [6, 6.07) is 15.1. The highest BCUT2D eigenvalue weighted by Gasteiger charge is 2.32. The fourth-order valence-corrected chi connectivity index (χ4v) is 3.90. The number of aliphatic imine (C=N–C) groups is 1. The number of rotatable bonds is 4. The van der Waals surface area contributed by atoms with Gasteiger partial charge in [-0.3, -0.25) is 9.59 Å². The van der Waals surface area contributed by atoms with Gasteiger partial charge in [0.05, 0.1) is 17.5 Å². The second kappa shape index (κ2) is 7.36. The molecule has 1 amide bonds. The topological polar surface area (TPSA) is 74.1 Å². The van der Waals surface area contributed by atoms with E-state index in [9.17, 15) is 9.59 Å². The average molecular weight is 378 g/mol. The molecule has 0 spiro atoms. The van der Waals surface area contributed by atoms with Gasteiger partial charge in [-0.25, -0.2) is 10.0 Å². The predicted octanol–water partition coefficient (Wildman–Crippen LogP) is 3.99. The highest BCUT2D eigenvalue weighted by atomic mass is 32.2. The van der Waals surface area contributed by atoms with Crippen LogP contribution in [0.4, 0.5) is 11.4 Å². The number of carbonyl (C=O) groups is 2. The quantitative estimate of drug-likeness (QED) is 0.816. The number of thioether (sulfide) groups is 1. The Morgan fingerprint density at radius 2 is 1.96 bits per heavy atom. The molecule has 0 aliphatic carbocycles. The van der Waals surface area contributed by atoms with Crippen LogP contribution in [0, 0.1) is 0 Å². The summed E-state index contributed by atoms with van der Waals surface area (Å²) in [7, 11) is 0. The van der Waals surface area contributed by atoms with Crippen LogP contribution in [-0.2, 0) is 4.79 Å². The molecular weight excluding hydrogens is 360 g/mol. The Morgan fingerprint density at radius 1 is 1.19 bits per heavy atom. The van der Waals surface area contributed by atoms with Gasteiger partial charge in [-0.2, -0.15) is 5.10 Å². The van der Waals surface area contributed by atoms with Gasteiger partial charge in [0, 0.05) is 29.4 Å². The number of para-hydroxylation sites is 1. The molecule has 0 saturated carbocycles. The number of hydrogen-bond acceptors (Lipinski definition) is 6. The lowest BCUT2D eigenvalue weighted by molar-refractivity contribution is -0.113. The molecule has 6 nitrogen and oxygen atoms in total. The molecule has 0 aromatic heterocycles. The van der Waals surface area contributed by atoms with Crippen LogP contribution in [0.5, 0.6) is 0 Å². The highest BCUT2D eigenvalue weighted by molar-refractivity contribution is 8.14. The Morgan fingerprint density at radius 3 is 2.74 bits per heavy atom. The third-order valence-electron chi connectivity index (χ3n) is 4.45. The lowest BCUT2D eigenvalue weighted by Gasteiger charge is -2.29. The third-order valence-corrected chi connectivity index (χ3v) is 5.39. The number of ketones is 1. The van der Waals surface area contributed by atoms with Crippen molar-refractivity contribution in [3.8, 4) is 0 Å². The number of benzene rings is 2. The molecule has 0 radical (unpaired) electrons. The first-order valence-corrected chi connectivity index (χ1v) is 9.63. The van der Waals surface area contributed by atoms with E-state index in [1.54, 1.807) is 24.3 Å². The van der Waals surface area contributed by atoms with Crippen molar-refractivity contribution in [1.29, 1.82) is 0 Å². The molecule has 2 aromatic carbocycles. The number of amides is 1. The van der Waals surface area contributed by atoms with E-state index in [1.165, 1.54) is 18.7 Å². The Balaban J connectivity index is 1.42. The molecule has 2 aromatic rings. The zero-order valence-corrected chi connectivity index (χ0v) is 15.6. The van der Waals surface area contributed by atoms with Gasteiger partial charge < -0.3 is 5.32 Å². The molecule has 2 aliphatic heterocycles. The van der Waals surface area contributed by atoms with E-state index in [4.69, 9.17) is 0 Å². The molecule has 1 atom stereocenters. The molecule has 4 rings (SSSR count). The van der Waals surface area contributed by atoms with Crippen molar-refractivity contribution < 1.29 is 9.59 Å². The van der Waals surface area contributed by atoms with Crippen molar-refractivity contribution in [3.63, 3.8) is 0 Å². The number of carbonyl (C=O) groups excluding carboxylic acids is 2. The fourth-order valence-electron chi connectivity index (χ4n) is 3.10. The number of fused-ring (bicyclic) bond motifs is 3. The molecule has 0 fully saturated rings. The van der Waals surface area contributed by atoms with E-state index in [0.29, 0.717) is 11.3 Å². The van der Waals surface area contributed by atoms with Crippen molar-refractivity contribution in [1.82, 2.24) is 5.01 Å². The van der Waals surface area contributed by atoms with Gasteiger partial charge in [0.1, 0.15) is 0 Å². The number of amidine groups is 1. The standard InChI is InChI=1S/C20H18N4O2S/c1-13(25)14-6-8-15(9-7-14)22-19(26)12-27-20-23-17-5-3-2-4-16(17)18-10-11-21-24(18)20/h2-9,11,18H,10,12H2,1H3,(H,22,26). The van der Waals surface area contributed by atoms with Crippen LogP contribution < -0.4 is 5.32 Å². The number of nitrogens with zero attached hydrogens (tertiary/aromatic N) is 3. The van der Waals surface area contributed by atoms with Crippen LogP contribution in [0.2, 0.25) is 0 Å². The largest absolute Gasteiger partial charge is 0.325 e. The second-order valence-corrected chi connectivity index (χ2v) is 7.26. The van der Waals surface area contributed by atoms with Crippen molar-refractivity contribution in [3.05, 3.63) is 59.7 Å². The second-order valence-electron chi connectivity index (χ2n) is 6.32. The van der Waals surface area contributed by atoms with Gasteiger partial charge >= 0.3 is 0 Å². The molecule has 0 saturated heterocycles. The maximum atomic E-state index is 12.3. The SMILES string of the molecule is CC(=O)c1ccc(NC(=O)CSC2=Nc3ccccc3C3CC=NN23)cc1. The molecule has 2 heterocycles. The number of hydrazone groups is 1. The molecule has 1 unspecified atom stereocenters. The lowest BCUT2D eigenvalue weighted by Crippen LogP contribution is -2.29. The van der Waals surface area contributed by atoms with Gasteiger partial charge in [-0.15, -0.1) is 0 Å². The summed E-state index contributed by atoms with van der Waals surface area (Å²) in [6.07, 6.45) is 2.73. The molecular formula is C20H18N4O2S. The highest BCUT2D eigenvalue weighted by Crippen LogP contribution is 2.40. The van der Waals surface area contributed by atoms with Crippen LogP contribution in [-0.4, -0.2) is 33.8 Å². The summed E-state index contributed by atoms with van der Waals surface area (Å²) in [5, 5.41) is 9.88. The summed E-state index contributed by atoms with van der Waals surface area (Å²) in [4.78, 5) is 28.3. The van der Waals surface area contributed by atoms with E-state index in [0.717, 1.165) is 22.8 Å². The minimum atomic E-state index is -0.128. The van der Waals surface area contributed by atoms with Crippen LogP contribution in [0.25, 0.3) is 0 Å². The van der Waals surface area contributed by atoms with Gasteiger partial charge in [0.15, 0.2) is 11.0 Å². The van der Waals surface area contributed by atoms with Crippen molar-refractivity contribution in [2.45, 2.75) is 19.4 Å². The Hall–Kier alpha value is -2.93. The van der Waals surface area contributed by atoms with E-state index in [2.05, 4.69) is 21.5 Å². The van der Waals surface area contributed by atoms with E-state index < -0.39 is 0 Å². The monoisotopic (exact) mass is 378 g/mol. The molecule has 2 aliphatic rings. The van der Waals surface area contributed by atoms with Gasteiger partial charge in [-0.1, -0.05) is 30.0 Å². The summed E-state index contributed by atoms with van der Waals surface area (Å²) in [6.45, 7) is 1.52. The third kappa shape index (κ3) is 3.64. The van der Waals surface area contributed by atoms with E-state index >= 15 is 0 Å². The summed E-state index contributed by atoms with van der Waals surface area (Å²) in [5.74, 6) is 0.102. The zero-order chi connectivity index (χ0) is 18.8. The minimum absolute atomic E-state index is 0.000236. The van der Waals surface area contributed by atoms with Crippen LogP contribution in [0.1, 0.15) is 35.3 Å².